The van der Waals surface area contributed by atoms with Crippen molar-refractivity contribution in [1.82, 2.24) is 5.32 Å². The molecule has 0 unspecified atom stereocenters. The summed E-state index contributed by atoms with van der Waals surface area (Å²) in [5, 5.41) is 2.58. The summed E-state index contributed by atoms with van der Waals surface area (Å²) in [6.07, 6.45) is 4.14. The highest BCUT2D eigenvalue weighted by Gasteiger charge is 2.20. The van der Waals surface area contributed by atoms with Crippen LogP contribution in [0.5, 0.6) is 0 Å². The second-order valence-corrected chi connectivity index (χ2v) is 16.7. The fraction of sp³-hybridized carbons (Fsp3) is 0.812. The Hall–Kier alpha value is -1.16. The molecule has 0 rings (SSSR count). The van der Waals surface area contributed by atoms with Crippen LogP contribution in [0, 0.1) is 0 Å². The van der Waals surface area contributed by atoms with Gasteiger partial charge in [-0.2, -0.15) is 0 Å². The van der Waals surface area contributed by atoms with Gasteiger partial charge in [0.05, 0.1) is 0 Å². The molecule has 0 bridgehead atoms. The highest BCUT2D eigenvalue weighted by Crippen LogP contribution is 2.09. The van der Waals surface area contributed by atoms with Gasteiger partial charge in [0.1, 0.15) is 6.54 Å². The van der Waals surface area contributed by atoms with Crippen molar-refractivity contribution in [3.05, 3.63) is 0 Å². The molecule has 24 heavy (non-hydrogen) atoms. The van der Waals surface area contributed by atoms with Gasteiger partial charge in [0.25, 0.3) is 5.97 Å². The van der Waals surface area contributed by atoms with E-state index in [1.807, 2.05) is 39.3 Å². The molecule has 0 spiro atoms. The van der Waals surface area contributed by atoms with E-state index in [0.29, 0.717) is 12.8 Å². The van der Waals surface area contributed by atoms with Crippen LogP contribution in [0.2, 0.25) is 39.3 Å². The maximum absolute atomic E-state index is 11.6. The topological polar surface area (TPSA) is 81.7 Å². The Labute approximate surface area is 147 Å². The van der Waals surface area contributed by atoms with E-state index >= 15 is 0 Å². The largest absolute Gasteiger partial charge is 0.520 e. The highest BCUT2D eigenvalue weighted by molar-refractivity contribution is 6.71. The molecule has 0 aromatic heterocycles. The second kappa shape index (κ2) is 10.7. The fourth-order valence-corrected chi connectivity index (χ4v) is 3.48. The minimum absolute atomic E-state index is 0.0639. The molecule has 0 fully saturated rings. The number of rotatable bonds is 11. The molecular formula is C16H33NO5Si2. The quantitative estimate of drug-likeness (QED) is 0.443. The number of hydrogen-bond donors (Lipinski definition) is 1. The summed E-state index contributed by atoms with van der Waals surface area (Å²) < 4.78 is 10.6. The Morgan fingerprint density at radius 3 is 1.67 bits per heavy atom. The first-order valence-electron chi connectivity index (χ1n) is 8.59. The van der Waals surface area contributed by atoms with E-state index in [1.165, 1.54) is 0 Å². The lowest BCUT2D eigenvalue weighted by atomic mass is 10.1. The van der Waals surface area contributed by atoms with Gasteiger partial charge in [-0.25, -0.2) is 0 Å². The van der Waals surface area contributed by atoms with Gasteiger partial charge in [-0.1, -0.05) is 12.8 Å². The molecule has 0 aromatic rings. The smallest absolute Gasteiger partial charge is 0.312 e. The standard InChI is InChI=1S/C16H33NO5Si2/c1-23(2,3)21-15(19)12-10-8-7-9-11-14(18)17-13-16(20)22-24(4,5)6/h7-13H2,1-6H3,(H,17,18). The van der Waals surface area contributed by atoms with E-state index in [0.717, 1.165) is 25.7 Å². The number of carbonyl (C=O) groups excluding carboxylic acids is 3. The fourth-order valence-electron chi connectivity index (χ4n) is 1.94. The summed E-state index contributed by atoms with van der Waals surface area (Å²) in [6.45, 7) is 11.7. The van der Waals surface area contributed by atoms with E-state index in [4.69, 9.17) is 8.85 Å². The normalized spacial score (nSPS) is 11.8. The van der Waals surface area contributed by atoms with E-state index in [-0.39, 0.29) is 24.4 Å². The first-order chi connectivity index (χ1) is 10.9. The zero-order valence-corrected chi connectivity index (χ0v) is 18.0. The summed E-state index contributed by atoms with van der Waals surface area (Å²) in [5.74, 6) is -0.628. The third kappa shape index (κ3) is 15.7. The molecule has 0 saturated heterocycles. The third-order valence-corrected chi connectivity index (χ3v) is 4.48. The number of hydrogen-bond acceptors (Lipinski definition) is 5. The molecule has 0 aliphatic heterocycles. The number of amides is 1. The van der Waals surface area contributed by atoms with Gasteiger partial charge in [-0.3, -0.25) is 14.4 Å². The third-order valence-electron chi connectivity index (χ3n) is 2.80. The lowest BCUT2D eigenvalue weighted by Gasteiger charge is -2.17. The van der Waals surface area contributed by atoms with Gasteiger partial charge >= 0.3 is 5.97 Å². The first kappa shape index (κ1) is 22.8. The first-order valence-corrected chi connectivity index (χ1v) is 15.4. The zero-order valence-electron chi connectivity index (χ0n) is 16.0. The molecule has 0 aromatic carbocycles. The average Bonchev–Trinajstić information content (AvgIpc) is 2.36. The van der Waals surface area contributed by atoms with Crippen LogP contribution in [0.15, 0.2) is 0 Å². The lowest BCUT2D eigenvalue weighted by molar-refractivity contribution is -0.136. The Morgan fingerprint density at radius 1 is 0.708 bits per heavy atom. The minimum Gasteiger partial charge on any atom is -0.520 e. The number of unbranched alkanes of at least 4 members (excludes halogenated alkanes) is 3. The van der Waals surface area contributed by atoms with E-state index < -0.39 is 16.6 Å². The Balaban J connectivity index is 3.63. The Bertz CT molecular complexity index is 427. The van der Waals surface area contributed by atoms with Crippen molar-refractivity contribution in [2.45, 2.75) is 77.8 Å². The van der Waals surface area contributed by atoms with Gasteiger partial charge in [-0.05, 0) is 52.1 Å². The molecular weight excluding hydrogens is 342 g/mol. The van der Waals surface area contributed by atoms with Crippen LogP contribution in [-0.2, 0) is 23.2 Å². The molecule has 1 N–H and O–H groups in total. The monoisotopic (exact) mass is 375 g/mol. The number of nitrogens with one attached hydrogen (secondary N) is 1. The van der Waals surface area contributed by atoms with Crippen molar-refractivity contribution in [1.29, 1.82) is 0 Å². The van der Waals surface area contributed by atoms with Gasteiger partial charge in [0, 0.05) is 12.8 Å². The molecule has 0 atom stereocenters. The summed E-state index contributed by atoms with van der Waals surface area (Å²) in [5.41, 5.74) is 0. The molecule has 6 nitrogen and oxygen atoms in total. The van der Waals surface area contributed by atoms with Crippen LogP contribution in [-0.4, -0.2) is 41.0 Å². The van der Waals surface area contributed by atoms with Crippen molar-refractivity contribution in [3.8, 4) is 0 Å². The van der Waals surface area contributed by atoms with Crippen LogP contribution < -0.4 is 5.32 Å². The van der Waals surface area contributed by atoms with Crippen LogP contribution in [0.1, 0.15) is 38.5 Å². The second-order valence-electron chi connectivity index (χ2n) is 7.86. The van der Waals surface area contributed by atoms with Crippen molar-refractivity contribution in [2.24, 2.45) is 0 Å². The van der Waals surface area contributed by atoms with Crippen molar-refractivity contribution in [2.75, 3.05) is 6.54 Å². The molecule has 140 valence electrons. The van der Waals surface area contributed by atoms with Gasteiger partial charge in [0.2, 0.25) is 22.5 Å². The average molecular weight is 376 g/mol. The van der Waals surface area contributed by atoms with Gasteiger partial charge in [0.15, 0.2) is 0 Å². The summed E-state index contributed by atoms with van der Waals surface area (Å²) in [4.78, 5) is 34.7. The molecule has 0 aliphatic rings. The zero-order chi connectivity index (χ0) is 18.8. The van der Waals surface area contributed by atoms with Crippen LogP contribution in [0.25, 0.3) is 0 Å². The van der Waals surface area contributed by atoms with E-state index in [1.54, 1.807) is 0 Å². The molecule has 0 saturated carbocycles. The van der Waals surface area contributed by atoms with Crippen LogP contribution in [0.4, 0.5) is 0 Å². The predicted octanol–water partition coefficient (Wildman–Crippen LogP) is 3.20. The lowest BCUT2D eigenvalue weighted by Crippen LogP contribution is -2.36. The Kier molecular flexibility index (Phi) is 10.1. The molecule has 0 radical (unpaired) electrons. The molecule has 1 amide bonds. The van der Waals surface area contributed by atoms with Gasteiger partial charge < -0.3 is 14.2 Å². The van der Waals surface area contributed by atoms with Crippen LogP contribution in [0.3, 0.4) is 0 Å². The van der Waals surface area contributed by atoms with Crippen molar-refractivity contribution >= 4 is 34.5 Å². The van der Waals surface area contributed by atoms with E-state index in [2.05, 4.69) is 5.32 Å². The minimum atomic E-state index is -1.89. The predicted molar refractivity (Wildman–Crippen MR) is 99.6 cm³/mol. The summed E-state index contributed by atoms with van der Waals surface area (Å²) >= 11 is 0. The molecule has 0 heterocycles. The van der Waals surface area contributed by atoms with Crippen molar-refractivity contribution < 1.29 is 23.2 Å². The Morgan fingerprint density at radius 2 is 1.17 bits per heavy atom. The molecule has 8 heteroatoms. The maximum atomic E-state index is 11.6. The number of carbonyl (C=O) groups is 3. The van der Waals surface area contributed by atoms with Crippen molar-refractivity contribution in [3.63, 3.8) is 0 Å². The van der Waals surface area contributed by atoms with Crippen LogP contribution >= 0.6 is 0 Å². The summed E-state index contributed by atoms with van der Waals surface area (Å²) in [7, 11) is -3.68. The SMILES string of the molecule is C[Si](C)(C)OC(=O)CCCCCCC(=O)NCC(=O)O[Si](C)(C)C. The summed E-state index contributed by atoms with van der Waals surface area (Å²) in [6, 6.07) is 0. The molecule has 0 aliphatic carbocycles. The maximum Gasteiger partial charge on any atom is 0.312 e. The highest BCUT2D eigenvalue weighted by atomic mass is 28.4. The van der Waals surface area contributed by atoms with Gasteiger partial charge in [-0.15, -0.1) is 0 Å². The van der Waals surface area contributed by atoms with E-state index in [9.17, 15) is 14.4 Å².